The molecular weight excluding hydrogens is 315 g/mol. The Kier molecular flexibility index (Phi) is 5.06. The van der Waals surface area contributed by atoms with Crippen LogP contribution in [0.15, 0.2) is 60.7 Å². The van der Waals surface area contributed by atoms with Crippen LogP contribution >= 0.6 is 0 Å². The maximum absolute atomic E-state index is 13.5. The Morgan fingerprint density at radius 2 is 1.33 bits per heavy atom. The lowest BCUT2D eigenvalue weighted by Gasteiger charge is -2.42. The van der Waals surface area contributed by atoms with Gasteiger partial charge in [0.2, 0.25) is 0 Å². The summed E-state index contributed by atoms with van der Waals surface area (Å²) in [7, 11) is 0. The molecule has 0 spiro atoms. The van der Waals surface area contributed by atoms with Gasteiger partial charge in [-0.3, -0.25) is 0 Å². The van der Waals surface area contributed by atoms with E-state index in [-0.39, 0.29) is 6.54 Å². The lowest BCUT2D eigenvalue weighted by Crippen LogP contribution is -2.57. The van der Waals surface area contributed by atoms with Crippen LogP contribution in [-0.2, 0) is 6.54 Å². The number of hydrazine groups is 1. The van der Waals surface area contributed by atoms with Gasteiger partial charge in [-0.15, -0.1) is 5.01 Å². The molecule has 1 heterocycles. The first-order valence-corrected chi connectivity index (χ1v) is 7.97. The average Bonchev–Trinajstić information content (AvgIpc) is 2.61. The van der Waals surface area contributed by atoms with E-state index < -0.39 is 6.30 Å². The highest BCUT2D eigenvalue weighted by Crippen LogP contribution is 2.27. The van der Waals surface area contributed by atoms with Crippen molar-refractivity contribution in [3.63, 3.8) is 0 Å². The van der Waals surface area contributed by atoms with Crippen LogP contribution < -0.4 is 4.90 Å². The summed E-state index contributed by atoms with van der Waals surface area (Å²) in [5.41, 5.74) is 1.71. The van der Waals surface area contributed by atoms with E-state index in [1.807, 2.05) is 30.3 Å². The molecule has 3 nitrogen and oxygen atoms in total. The quantitative estimate of drug-likeness (QED) is 0.788. The summed E-state index contributed by atoms with van der Waals surface area (Å²) in [5, 5.41) is 1.94. The van der Waals surface area contributed by atoms with Gasteiger partial charge in [-0.25, -0.2) is 5.01 Å². The summed E-state index contributed by atoms with van der Waals surface area (Å²) in [6.45, 7) is 1.69. The van der Waals surface area contributed by atoms with Crippen LogP contribution in [0.3, 0.4) is 0 Å². The van der Waals surface area contributed by atoms with Crippen molar-refractivity contribution < 1.29 is 13.2 Å². The molecular formula is C18H20F3N3. The monoisotopic (exact) mass is 335 g/mol. The first-order valence-electron chi connectivity index (χ1n) is 7.97. The molecule has 0 aliphatic carbocycles. The van der Waals surface area contributed by atoms with Crippen LogP contribution in [0.5, 0.6) is 0 Å². The number of hydrogen-bond acceptors (Lipinski definition) is 3. The van der Waals surface area contributed by atoms with Gasteiger partial charge in [0.15, 0.2) is 0 Å². The van der Waals surface area contributed by atoms with Crippen molar-refractivity contribution in [2.75, 3.05) is 31.1 Å². The second-order valence-electron chi connectivity index (χ2n) is 5.79. The van der Waals surface area contributed by atoms with Crippen LogP contribution in [0.4, 0.5) is 18.9 Å². The molecule has 0 unspecified atom stereocenters. The van der Waals surface area contributed by atoms with Crippen LogP contribution in [0.1, 0.15) is 5.56 Å². The summed E-state index contributed by atoms with van der Waals surface area (Å²) in [6.07, 6.45) is -4.38. The van der Waals surface area contributed by atoms with Crippen LogP contribution in [0, 0.1) is 0 Å². The third-order valence-electron chi connectivity index (χ3n) is 4.19. The molecule has 2 aromatic carbocycles. The van der Waals surface area contributed by atoms with Gasteiger partial charge in [0, 0.05) is 38.4 Å². The van der Waals surface area contributed by atoms with Gasteiger partial charge in [0.1, 0.15) is 0 Å². The number of hydrogen-bond donors (Lipinski definition) is 0. The van der Waals surface area contributed by atoms with Crippen molar-refractivity contribution in [1.82, 2.24) is 10.0 Å². The molecule has 0 saturated carbocycles. The zero-order valence-corrected chi connectivity index (χ0v) is 13.3. The van der Waals surface area contributed by atoms with Gasteiger partial charge in [0.25, 0.3) is 0 Å². The Morgan fingerprint density at radius 3 is 1.88 bits per heavy atom. The largest absolute Gasteiger partial charge is 0.473 e. The predicted molar refractivity (Wildman–Crippen MR) is 88.3 cm³/mol. The van der Waals surface area contributed by atoms with E-state index in [1.165, 1.54) is 5.01 Å². The maximum atomic E-state index is 13.5. The molecule has 128 valence electrons. The Labute approximate surface area is 139 Å². The van der Waals surface area contributed by atoms with Gasteiger partial charge < -0.3 is 4.90 Å². The zero-order chi connectivity index (χ0) is 17.0. The number of rotatable bonds is 4. The number of alkyl halides is 3. The van der Waals surface area contributed by atoms with Crippen LogP contribution in [0.2, 0.25) is 0 Å². The highest BCUT2D eigenvalue weighted by Gasteiger charge is 2.42. The molecule has 1 fully saturated rings. The van der Waals surface area contributed by atoms with E-state index in [4.69, 9.17) is 0 Å². The SMILES string of the molecule is FC(F)(F)N(Cc1ccccc1)N1CCN(c2ccccc2)CC1. The molecule has 0 radical (unpaired) electrons. The minimum Gasteiger partial charge on any atom is -0.369 e. The first kappa shape index (κ1) is 16.8. The van der Waals surface area contributed by atoms with E-state index in [2.05, 4.69) is 4.90 Å². The zero-order valence-electron chi connectivity index (χ0n) is 13.3. The van der Waals surface area contributed by atoms with Crippen LogP contribution in [-0.4, -0.2) is 42.5 Å². The molecule has 0 amide bonds. The Hall–Kier alpha value is -2.05. The average molecular weight is 335 g/mol. The number of piperazine rings is 1. The molecule has 6 heteroatoms. The van der Waals surface area contributed by atoms with Crippen molar-refractivity contribution in [3.8, 4) is 0 Å². The van der Waals surface area contributed by atoms with E-state index in [0.717, 1.165) is 5.69 Å². The van der Waals surface area contributed by atoms with Crippen molar-refractivity contribution >= 4 is 5.69 Å². The second-order valence-corrected chi connectivity index (χ2v) is 5.79. The third-order valence-corrected chi connectivity index (χ3v) is 4.19. The molecule has 3 rings (SSSR count). The first-order chi connectivity index (χ1) is 11.5. The van der Waals surface area contributed by atoms with Crippen molar-refractivity contribution in [2.24, 2.45) is 0 Å². The Balaban J connectivity index is 1.67. The summed E-state index contributed by atoms with van der Waals surface area (Å²) in [4.78, 5) is 2.12. The van der Waals surface area contributed by atoms with Gasteiger partial charge in [-0.05, 0) is 17.7 Å². The number of nitrogens with zero attached hydrogens (tertiary/aromatic N) is 3. The number of anilines is 1. The topological polar surface area (TPSA) is 9.72 Å². The lowest BCUT2D eigenvalue weighted by molar-refractivity contribution is -0.319. The van der Waals surface area contributed by atoms with Crippen molar-refractivity contribution in [1.29, 1.82) is 0 Å². The van der Waals surface area contributed by atoms with Gasteiger partial charge >= 0.3 is 6.30 Å². The fourth-order valence-corrected chi connectivity index (χ4v) is 2.94. The number of benzene rings is 2. The molecule has 0 atom stereocenters. The molecule has 0 N–H and O–H groups in total. The minimum atomic E-state index is -4.38. The summed E-state index contributed by atoms with van der Waals surface area (Å²) in [5.74, 6) is 0. The normalized spacial score (nSPS) is 16.6. The van der Waals surface area contributed by atoms with E-state index in [0.29, 0.717) is 36.8 Å². The van der Waals surface area contributed by atoms with Crippen LogP contribution in [0.25, 0.3) is 0 Å². The molecule has 1 aliphatic heterocycles. The van der Waals surface area contributed by atoms with Crippen molar-refractivity contribution in [3.05, 3.63) is 66.2 Å². The lowest BCUT2D eigenvalue weighted by atomic mass is 10.2. The Bertz CT molecular complexity index is 623. The number of para-hydroxylation sites is 1. The fourth-order valence-electron chi connectivity index (χ4n) is 2.94. The summed E-state index contributed by atoms with van der Waals surface area (Å²) < 4.78 is 40.4. The van der Waals surface area contributed by atoms with E-state index >= 15 is 0 Å². The summed E-state index contributed by atoms with van der Waals surface area (Å²) >= 11 is 0. The van der Waals surface area contributed by atoms with E-state index in [1.54, 1.807) is 30.3 Å². The van der Waals surface area contributed by atoms with Gasteiger partial charge in [-0.2, -0.15) is 13.2 Å². The third kappa shape index (κ3) is 4.07. The minimum absolute atomic E-state index is 0.157. The molecule has 0 bridgehead atoms. The Morgan fingerprint density at radius 1 is 0.792 bits per heavy atom. The van der Waals surface area contributed by atoms with Gasteiger partial charge in [-0.1, -0.05) is 48.5 Å². The highest BCUT2D eigenvalue weighted by molar-refractivity contribution is 5.46. The molecule has 24 heavy (non-hydrogen) atoms. The smallest absolute Gasteiger partial charge is 0.369 e. The molecule has 1 aliphatic rings. The second kappa shape index (κ2) is 7.23. The molecule has 1 saturated heterocycles. The highest BCUT2D eigenvalue weighted by atomic mass is 19.4. The molecule has 2 aromatic rings. The van der Waals surface area contributed by atoms with Gasteiger partial charge in [0.05, 0.1) is 0 Å². The maximum Gasteiger partial charge on any atom is 0.473 e. The fraction of sp³-hybridized carbons (Fsp3) is 0.333. The van der Waals surface area contributed by atoms with Crippen molar-refractivity contribution in [2.45, 2.75) is 12.8 Å². The number of halogens is 3. The standard InChI is InChI=1S/C18H20F3N3/c19-18(20,21)24(15-16-7-3-1-4-8-16)23-13-11-22(12-14-23)17-9-5-2-6-10-17/h1-10H,11-15H2. The molecule has 0 aromatic heterocycles. The summed E-state index contributed by atoms with van der Waals surface area (Å²) in [6, 6.07) is 18.6. The predicted octanol–water partition coefficient (Wildman–Crippen LogP) is 3.75. The van der Waals surface area contributed by atoms with E-state index in [9.17, 15) is 13.2 Å².